The van der Waals surface area contributed by atoms with Crippen LogP contribution in [0.4, 0.5) is 62.6 Å². The minimum absolute atomic E-state index is 0.0417. The van der Waals surface area contributed by atoms with Crippen LogP contribution in [0.25, 0.3) is 76.8 Å². The Balaban J connectivity index is 0.000000180. The lowest BCUT2D eigenvalue weighted by molar-refractivity contribution is 0.452. The van der Waals surface area contributed by atoms with Crippen LogP contribution < -0.4 is 30.8 Å². The van der Waals surface area contributed by atoms with Gasteiger partial charge < -0.3 is 35.8 Å². The average molecular weight is 1860 g/mol. The van der Waals surface area contributed by atoms with Crippen LogP contribution >= 0.6 is 93.0 Å². The van der Waals surface area contributed by atoms with Crippen molar-refractivity contribution in [2.24, 2.45) is 0 Å². The fraction of sp³-hybridized carbons (Fsp3) is 0.0816. The minimum Gasteiger partial charge on any atom is -0.537 e. The van der Waals surface area contributed by atoms with E-state index in [0.29, 0.717) is 19.1 Å². The van der Waals surface area contributed by atoms with Crippen LogP contribution in [-0.4, -0.2) is 12.7 Å². The van der Waals surface area contributed by atoms with Crippen molar-refractivity contribution in [3.8, 4) is 50.3 Å². The Labute approximate surface area is 704 Å². The molecule has 13 heteroatoms. The van der Waals surface area contributed by atoms with Gasteiger partial charge in [-0.1, -0.05) is 249 Å². The first-order valence-corrected chi connectivity index (χ1v) is 41.1. The zero-order valence-corrected chi connectivity index (χ0v) is 71.3. The monoisotopic (exact) mass is 1860 g/mol. The summed E-state index contributed by atoms with van der Waals surface area (Å²) in [6.07, 6.45) is 0. The van der Waals surface area contributed by atoms with Crippen LogP contribution in [0.1, 0.15) is 52.7 Å². The average Bonchev–Trinajstić information content (AvgIpc) is 0.841. The quantitative estimate of drug-likeness (QED) is 0.0535. The van der Waals surface area contributed by atoms with Crippen molar-refractivity contribution in [3.63, 3.8) is 0 Å². The predicted molar refractivity (Wildman–Crippen MR) is 501 cm³/mol. The molecule has 1 radical (unpaired) electrons. The van der Waals surface area contributed by atoms with Gasteiger partial charge in [0.1, 0.15) is 5.75 Å². The van der Waals surface area contributed by atoms with Crippen LogP contribution in [0.3, 0.4) is 0 Å². The fourth-order valence-corrected chi connectivity index (χ4v) is 17.2. The number of nitrogens with zero attached hydrogens (tertiary/aromatic N) is 3. The largest absolute Gasteiger partial charge is 0.569 e. The zero-order valence-electron chi connectivity index (χ0n) is 62.2. The van der Waals surface area contributed by atoms with E-state index in [1.54, 1.807) is 0 Å². The first-order valence-electron chi connectivity index (χ1n) is 36.6. The Morgan fingerprint density at radius 3 is 0.874 bits per heavy atom. The number of benzene rings is 16. The van der Waals surface area contributed by atoms with E-state index < -0.39 is 0 Å². The number of para-hydroxylation sites is 6. The lowest BCUT2D eigenvalue weighted by Crippen LogP contribution is -2.10. The highest BCUT2D eigenvalue weighted by atomic mass is 127. The normalized spacial score (nSPS) is 11.3. The van der Waals surface area contributed by atoms with Gasteiger partial charge in [-0.15, -0.1) is 0 Å². The van der Waals surface area contributed by atoms with E-state index in [1.807, 2.05) is 48.5 Å². The van der Waals surface area contributed by atoms with Gasteiger partial charge in [0.05, 0.1) is 10.2 Å². The molecule has 7 nitrogen and oxygen atoms in total. The van der Waals surface area contributed by atoms with Gasteiger partial charge in [0, 0.05) is 84.1 Å². The number of nitrogen functional groups attached to an aromatic ring is 2. The lowest BCUT2D eigenvalue weighted by atomic mass is 9.85. The molecule has 0 aliphatic rings. The van der Waals surface area contributed by atoms with Gasteiger partial charge in [-0.25, -0.2) is 0 Å². The third-order valence-electron chi connectivity index (χ3n) is 19.7. The summed E-state index contributed by atoms with van der Waals surface area (Å²) in [6, 6.07) is 122. The summed E-state index contributed by atoms with van der Waals surface area (Å²) < 4.78 is 10.1. The number of anilines is 11. The molecule has 0 aromatic heterocycles. The number of rotatable bonds is 15. The molecule has 0 saturated carbocycles. The topological polar surface area (TPSA) is 91.2 Å². The van der Waals surface area contributed by atoms with Crippen LogP contribution in [0.2, 0.25) is 0 Å². The summed E-state index contributed by atoms with van der Waals surface area (Å²) >= 11 is 16.2. The maximum atomic E-state index is 8.91. The highest BCUT2D eigenvalue weighted by Gasteiger charge is 2.23. The first-order chi connectivity index (χ1) is 53.6. The van der Waals surface area contributed by atoms with Gasteiger partial charge in [0.25, 0.3) is 0 Å². The molecule has 0 aliphatic carbocycles. The maximum absolute atomic E-state index is 8.91. The van der Waals surface area contributed by atoms with Crippen molar-refractivity contribution >= 4 is 196 Å². The second-order valence-electron chi connectivity index (χ2n) is 29.3. The Morgan fingerprint density at radius 2 is 0.577 bits per heavy atom. The molecule has 0 bridgehead atoms. The molecule has 0 atom stereocenters. The Bertz CT molecular complexity index is 5630. The van der Waals surface area contributed by atoms with Crippen molar-refractivity contribution in [2.45, 2.75) is 52.4 Å². The van der Waals surface area contributed by atoms with E-state index >= 15 is 0 Å². The molecule has 0 fully saturated rings. The fourth-order valence-electron chi connectivity index (χ4n) is 13.9. The van der Waals surface area contributed by atoms with E-state index in [1.165, 1.54) is 22.3 Å². The molecule has 0 amide bonds. The number of hydrogen-bond acceptors (Lipinski definition) is 7. The summed E-state index contributed by atoms with van der Waals surface area (Å²) in [4.78, 5) is 6.81. The lowest BCUT2D eigenvalue weighted by Gasteiger charge is -2.26. The maximum Gasteiger partial charge on any atom is 0.569 e. The van der Waals surface area contributed by atoms with Crippen molar-refractivity contribution in [3.05, 3.63) is 377 Å². The Kier molecular flexibility index (Phi) is 24.0. The second kappa shape index (κ2) is 34.3. The Hall–Kier alpha value is -9.98. The van der Waals surface area contributed by atoms with Gasteiger partial charge in [-0.05, 0) is 319 Å². The molecule has 0 heterocycles. The van der Waals surface area contributed by atoms with E-state index in [9.17, 15) is 0 Å². The minimum atomic E-state index is 0.0417. The summed E-state index contributed by atoms with van der Waals surface area (Å²) in [7, 11) is 0.687. The molecular formula is C98H80BBr3I2N5O2. The molecule has 0 unspecified atom stereocenters. The van der Waals surface area contributed by atoms with E-state index in [4.69, 9.17) is 21.1 Å². The predicted octanol–water partition coefficient (Wildman–Crippen LogP) is 29.8. The number of nitrogens with two attached hydrogens (primary N) is 2. The molecule has 16 aromatic rings. The molecular weight excluding hydrogens is 1780 g/mol. The van der Waals surface area contributed by atoms with Gasteiger partial charge in [-0.2, -0.15) is 0 Å². The van der Waals surface area contributed by atoms with Crippen LogP contribution in [0, 0.1) is 7.14 Å². The van der Waals surface area contributed by atoms with Gasteiger partial charge in [-0.3, -0.25) is 0 Å². The van der Waals surface area contributed by atoms with Crippen LogP contribution in [0.15, 0.2) is 359 Å². The number of fused-ring (bicyclic) bond motifs is 3. The zero-order chi connectivity index (χ0) is 77.5. The van der Waals surface area contributed by atoms with Crippen molar-refractivity contribution in [2.75, 3.05) is 26.2 Å². The molecule has 0 spiro atoms. The number of hydrogen-bond donors (Lipinski definition) is 3. The third-order valence-corrected chi connectivity index (χ3v) is 23.5. The van der Waals surface area contributed by atoms with Crippen LogP contribution in [-0.2, 0) is 10.8 Å². The summed E-state index contributed by atoms with van der Waals surface area (Å²) in [5.41, 5.74) is 36.4. The van der Waals surface area contributed by atoms with E-state index in [2.05, 4.69) is 446 Å². The Morgan fingerprint density at radius 1 is 0.288 bits per heavy atom. The van der Waals surface area contributed by atoms with E-state index in [0.717, 1.165) is 143 Å². The standard InChI is InChI=1S/C60H47Br2N3.C22H16BBrNO2.C16H17I2N/c1-60(2,3)46-28-24-40(25-29-46)45-36-55(53-34-41-26-30-51(32-43(41)38-57(53)61)64(47-16-8-4-9-17-47)48-18-10-5-11-19-48)59(63)56(37-45)54-35-42-27-31-52(33-44(42)39-58(54)62)65(49-20-12-6-13-21-49)50-22-14-7-15-23-50;24-21-14-17-13-20(12-11-16(17)15-22(21)27-23-26)25(18-7-3-1-4-8-18)19-9-5-2-6-10-19;1-16(2,3)12-6-4-10(5-7-12)11-8-13(17)15(19)14(18)9-11/h4-39H,63H2,1-3H3;1-15,26H;4-9H,19H2,1-3H3. The van der Waals surface area contributed by atoms with E-state index in [-0.39, 0.29) is 10.8 Å². The summed E-state index contributed by atoms with van der Waals surface area (Å²) in [6.45, 7) is 13.5. The van der Waals surface area contributed by atoms with Crippen molar-refractivity contribution < 1.29 is 9.68 Å². The SMILES string of the molecule is CC(C)(C)c1ccc(-c2cc(-c3cc4ccc(N(c5ccccc5)c5ccccc5)cc4cc3Br)c(N)c(-c3cc4ccc(N(c5ccccc5)c5ccccc5)cc4cc3Br)c2)cc1.CC(C)(C)c1ccc(-c2cc(I)c(N)c(I)c2)cc1.O[B]Oc1cc2ccc(N(c3ccccc3)c3ccccc3)cc2cc1Br. The van der Waals surface area contributed by atoms with Crippen molar-refractivity contribution in [1.82, 2.24) is 0 Å². The molecule has 111 heavy (non-hydrogen) atoms. The first kappa shape index (κ1) is 77.7. The summed E-state index contributed by atoms with van der Waals surface area (Å²) in [5.74, 6) is 0.570. The van der Waals surface area contributed by atoms with Gasteiger partial charge in [0.15, 0.2) is 0 Å². The summed E-state index contributed by atoms with van der Waals surface area (Å²) in [5, 5.41) is 15.5. The van der Waals surface area contributed by atoms with Gasteiger partial charge >= 0.3 is 7.69 Å². The van der Waals surface area contributed by atoms with Gasteiger partial charge in [0.2, 0.25) is 0 Å². The molecule has 5 N–H and O–H groups in total. The third kappa shape index (κ3) is 17.9. The van der Waals surface area contributed by atoms with Crippen molar-refractivity contribution in [1.29, 1.82) is 0 Å². The highest BCUT2D eigenvalue weighted by Crippen LogP contribution is 2.48. The highest BCUT2D eigenvalue weighted by molar-refractivity contribution is 14.1. The molecule has 0 aliphatic heterocycles. The van der Waals surface area contributed by atoms with Crippen LogP contribution in [0.5, 0.6) is 5.75 Å². The molecule has 0 saturated heterocycles. The smallest absolute Gasteiger partial charge is 0.537 e. The number of halogens is 5. The molecule has 16 aromatic carbocycles. The molecule has 16 rings (SSSR count). The second-order valence-corrected chi connectivity index (χ2v) is 34.2. The molecule has 547 valence electrons.